The second-order valence-corrected chi connectivity index (χ2v) is 6.85. The Bertz CT molecular complexity index is 910. The lowest BCUT2D eigenvalue weighted by Crippen LogP contribution is -2.32. The van der Waals surface area contributed by atoms with Crippen molar-refractivity contribution in [2.24, 2.45) is 0 Å². The Hall–Kier alpha value is -2.88. The molecule has 120 valence electrons. The monoisotopic (exact) mass is 317 g/mol. The van der Waals surface area contributed by atoms with Crippen molar-refractivity contribution < 1.29 is 4.79 Å². The van der Waals surface area contributed by atoms with Gasteiger partial charge in [0, 0.05) is 23.0 Å². The maximum atomic E-state index is 12.1. The van der Waals surface area contributed by atoms with Gasteiger partial charge >= 0.3 is 0 Å². The molecule has 0 bridgehead atoms. The second kappa shape index (κ2) is 5.34. The number of carbonyl (C=O) groups is 1. The van der Waals surface area contributed by atoms with Crippen molar-refractivity contribution in [3.63, 3.8) is 0 Å². The van der Waals surface area contributed by atoms with Crippen molar-refractivity contribution in [1.29, 1.82) is 0 Å². The van der Waals surface area contributed by atoms with E-state index in [2.05, 4.69) is 35.2 Å². The number of nitrogens with one attached hydrogen (secondary N) is 2. The summed E-state index contributed by atoms with van der Waals surface area (Å²) in [5.74, 6) is 0.882. The molecule has 3 aromatic rings. The fourth-order valence-electron chi connectivity index (χ4n) is 3.36. The molecule has 0 saturated carbocycles. The van der Waals surface area contributed by atoms with Gasteiger partial charge in [-0.2, -0.15) is 0 Å². The number of hydrogen-bond donors (Lipinski definition) is 2. The highest BCUT2D eigenvalue weighted by Gasteiger charge is 2.33. The molecule has 2 aromatic carbocycles. The van der Waals surface area contributed by atoms with Crippen LogP contribution in [0.5, 0.6) is 0 Å². The van der Waals surface area contributed by atoms with E-state index < -0.39 is 0 Å². The van der Waals surface area contributed by atoms with Gasteiger partial charge < -0.3 is 10.3 Å². The van der Waals surface area contributed by atoms with Crippen LogP contribution in [0.1, 0.15) is 25.8 Å². The number of anilines is 1. The number of fused-ring (bicyclic) bond motifs is 1. The summed E-state index contributed by atoms with van der Waals surface area (Å²) in [5, 5.41) is 3.04. The topological polar surface area (TPSA) is 57.8 Å². The Labute approximate surface area is 141 Å². The van der Waals surface area contributed by atoms with E-state index in [1.807, 2.05) is 48.7 Å². The molecule has 2 heterocycles. The molecule has 0 spiro atoms. The molecule has 0 saturated heterocycles. The number of aromatic amines is 1. The van der Waals surface area contributed by atoms with Crippen LogP contribution in [0.25, 0.3) is 22.6 Å². The molecule has 0 fully saturated rings. The van der Waals surface area contributed by atoms with Crippen LogP contribution in [0.15, 0.2) is 54.7 Å². The van der Waals surface area contributed by atoms with Crippen molar-refractivity contribution in [3.05, 3.63) is 60.3 Å². The van der Waals surface area contributed by atoms with Crippen LogP contribution in [0, 0.1) is 0 Å². The summed E-state index contributed by atoms with van der Waals surface area (Å²) in [6.45, 7) is 4.22. The first-order valence-electron chi connectivity index (χ1n) is 8.09. The molecule has 1 amide bonds. The van der Waals surface area contributed by atoms with Crippen molar-refractivity contribution >= 4 is 11.6 Å². The van der Waals surface area contributed by atoms with Gasteiger partial charge in [0.15, 0.2) is 0 Å². The first-order chi connectivity index (χ1) is 11.5. The molecular weight excluding hydrogens is 298 g/mol. The third-order valence-corrected chi connectivity index (χ3v) is 4.57. The van der Waals surface area contributed by atoms with Gasteiger partial charge in [0.2, 0.25) is 5.91 Å². The molecule has 0 atom stereocenters. The highest BCUT2D eigenvalue weighted by Crippen LogP contribution is 2.42. The van der Waals surface area contributed by atoms with Gasteiger partial charge in [-0.15, -0.1) is 0 Å². The Morgan fingerprint density at radius 1 is 1.04 bits per heavy atom. The lowest BCUT2D eigenvalue weighted by molar-refractivity contribution is -0.117. The third kappa shape index (κ3) is 2.40. The normalized spacial score (nSPS) is 15.7. The lowest BCUT2D eigenvalue weighted by Gasteiger charge is -2.33. The van der Waals surface area contributed by atoms with Gasteiger partial charge in [-0.3, -0.25) is 4.79 Å². The van der Waals surface area contributed by atoms with E-state index in [1.54, 1.807) is 0 Å². The number of para-hydroxylation sites is 1. The number of H-pyrrole nitrogens is 1. The van der Waals surface area contributed by atoms with E-state index in [0.717, 1.165) is 33.9 Å². The predicted molar refractivity (Wildman–Crippen MR) is 95.7 cm³/mol. The van der Waals surface area contributed by atoms with Crippen LogP contribution in [0.2, 0.25) is 0 Å². The largest absolute Gasteiger partial charge is 0.338 e. The zero-order valence-electron chi connectivity index (χ0n) is 13.8. The van der Waals surface area contributed by atoms with E-state index in [4.69, 9.17) is 0 Å². The van der Waals surface area contributed by atoms with E-state index in [-0.39, 0.29) is 11.3 Å². The Balaban J connectivity index is 1.82. The quantitative estimate of drug-likeness (QED) is 0.737. The fraction of sp³-hybridized carbons (Fsp3) is 0.200. The maximum absolute atomic E-state index is 12.1. The molecule has 4 nitrogen and oxygen atoms in total. The lowest BCUT2D eigenvalue weighted by atomic mass is 9.77. The smallest absolute Gasteiger partial charge is 0.225 e. The Kier molecular flexibility index (Phi) is 3.27. The van der Waals surface area contributed by atoms with E-state index in [0.29, 0.717) is 6.42 Å². The van der Waals surface area contributed by atoms with E-state index in [9.17, 15) is 4.79 Å². The molecule has 4 heteroatoms. The van der Waals surface area contributed by atoms with Crippen molar-refractivity contribution in [2.45, 2.75) is 25.7 Å². The molecular formula is C20H19N3O. The first-order valence-corrected chi connectivity index (χ1v) is 8.09. The summed E-state index contributed by atoms with van der Waals surface area (Å²) < 4.78 is 0. The number of carbonyl (C=O) groups excluding carboxylic acids is 1. The summed E-state index contributed by atoms with van der Waals surface area (Å²) in [5.41, 5.74) is 4.80. The number of nitrogens with zero attached hydrogens (tertiary/aromatic N) is 1. The van der Waals surface area contributed by atoms with Gasteiger partial charge in [0.1, 0.15) is 5.82 Å². The number of hydrogen-bond acceptors (Lipinski definition) is 2. The molecule has 2 N–H and O–H groups in total. The second-order valence-electron chi connectivity index (χ2n) is 6.85. The number of rotatable bonds is 2. The van der Waals surface area contributed by atoms with Crippen molar-refractivity contribution in [1.82, 2.24) is 9.97 Å². The number of amides is 1. The molecule has 24 heavy (non-hydrogen) atoms. The third-order valence-electron chi connectivity index (χ3n) is 4.57. The minimum atomic E-state index is -0.171. The number of aromatic nitrogens is 2. The zero-order valence-corrected chi connectivity index (χ0v) is 13.8. The van der Waals surface area contributed by atoms with Gasteiger partial charge in [-0.05, 0) is 5.56 Å². The highest BCUT2D eigenvalue weighted by atomic mass is 16.1. The van der Waals surface area contributed by atoms with Gasteiger partial charge in [-0.1, -0.05) is 62.4 Å². The Morgan fingerprint density at radius 3 is 2.62 bits per heavy atom. The fourth-order valence-corrected chi connectivity index (χ4v) is 3.36. The van der Waals surface area contributed by atoms with E-state index in [1.165, 1.54) is 0 Å². The van der Waals surface area contributed by atoms with Crippen molar-refractivity contribution in [3.8, 4) is 22.6 Å². The highest BCUT2D eigenvalue weighted by molar-refractivity contribution is 6.00. The molecule has 1 aromatic heterocycles. The molecule has 0 aliphatic carbocycles. The van der Waals surface area contributed by atoms with Crippen LogP contribution < -0.4 is 5.32 Å². The van der Waals surface area contributed by atoms with Crippen LogP contribution in [-0.4, -0.2) is 15.9 Å². The number of imidazole rings is 1. The van der Waals surface area contributed by atoms with Gasteiger partial charge in [0.25, 0.3) is 0 Å². The Morgan fingerprint density at radius 2 is 1.83 bits per heavy atom. The summed E-state index contributed by atoms with van der Waals surface area (Å²) in [7, 11) is 0. The molecule has 1 aliphatic heterocycles. The van der Waals surface area contributed by atoms with Gasteiger partial charge in [-0.25, -0.2) is 4.98 Å². The SMILES string of the molecule is CC1(C)CC(=O)Nc2c(-c3cnc(-c4ccccc4)[nH]3)cccc21. The summed E-state index contributed by atoms with van der Waals surface area (Å²) in [6, 6.07) is 16.2. The molecule has 0 radical (unpaired) electrons. The van der Waals surface area contributed by atoms with Crippen LogP contribution >= 0.6 is 0 Å². The zero-order chi connectivity index (χ0) is 16.7. The number of benzene rings is 2. The van der Waals surface area contributed by atoms with Crippen molar-refractivity contribution in [2.75, 3.05) is 5.32 Å². The standard InChI is InChI=1S/C20H19N3O/c1-20(2)11-17(24)23-18-14(9-6-10-15(18)20)16-12-21-19(22-16)13-7-4-3-5-8-13/h3-10,12H,11H2,1-2H3,(H,21,22)(H,23,24). The summed E-state index contributed by atoms with van der Waals surface area (Å²) in [6.07, 6.45) is 2.33. The molecule has 0 unspecified atom stereocenters. The molecule has 4 rings (SSSR count). The summed E-state index contributed by atoms with van der Waals surface area (Å²) >= 11 is 0. The summed E-state index contributed by atoms with van der Waals surface area (Å²) in [4.78, 5) is 20.0. The van der Waals surface area contributed by atoms with E-state index >= 15 is 0 Å². The van der Waals surface area contributed by atoms with Crippen LogP contribution in [0.4, 0.5) is 5.69 Å². The average Bonchev–Trinajstić information content (AvgIpc) is 3.04. The predicted octanol–water partition coefficient (Wildman–Crippen LogP) is 4.36. The first kappa shape index (κ1) is 14.7. The van der Waals surface area contributed by atoms with Crippen LogP contribution in [0.3, 0.4) is 0 Å². The average molecular weight is 317 g/mol. The van der Waals surface area contributed by atoms with Gasteiger partial charge in [0.05, 0.1) is 17.6 Å². The minimum Gasteiger partial charge on any atom is -0.338 e. The van der Waals surface area contributed by atoms with Crippen LogP contribution in [-0.2, 0) is 10.2 Å². The maximum Gasteiger partial charge on any atom is 0.225 e. The molecule has 1 aliphatic rings. The minimum absolute atomic E-state index is 0.0581.